The molecule has 0 saturated heterocycles. The summed E-state index contributed by atoms with van der Waals surface area (Å²) in [6.45, 7) is 1.98. The van der Waals surface area contributed by atoms with Crippen molar-refractivity contribution in [1.82, 2.24) is 15.2 Å². The molecular weight excluding hydrogens is 244 g/mol. The molecule has 0 saturated carbocycles. The molecule has 1 amide bonds. The number of aromatic nitrogens is 3. The quantitative estimate of drug-likeness (QED) is 0.819. The fraction of sp³-hybridized carbons (Fsp3) is 0.154. The van der Waals surface area contributed by atoms with Crippen LogP contribution >= 0.6 is 0 Å². The van der Waals surface area contributed by atoms with Gasteiger partial charge in [0.15, 0.2) is 0 Å². The molecule has 0 aliphatic carbocycles. The van der Waals surface area contributed by atoms with Gasteiger partial charge in [-0.05, 0) is 25.1 Å². The highest BCUT2D eigenvalue weighted by Crippen LogP contribution is 2.20. The number of nitrogens with one attached hydrogen (secondary N) is 2. The van der Waals surface area contributed by atoms with Crippen LogP contribution in [0.1, 0.15) is 11.1 Å². The van der Waals surface area contributed by atoms with Gasteiger partial charge in [0.05, 0.1) is 7.11 Å². The summed E-state index contributed by atoms with van der Waals surface area (Å²) in [5.41, 5.74) is 1.94. The normalized spacial score (nSPS) is 10.6. The topological polar surface area (TPSA) is 79.9 Å². The third-order valence-electron chi connectivity index (χ3n) is 2.46. The zero-order chi connectivity index (χ0) is 13.7. The van der Waals surface area contributed by atoms with E-state index < -0.39 is 0 Å². The number of amides is 1. The maximum atomic E-state index is 11.6. The highest BCUT2D eigenvalue weighted by atomic mass is 16.5. The zero-order valence-corrected chi connectivity index (χ0v) is 10.7. The lowest BCUT2D eigenvalue weighted by molar-refractivity contribution is -0.111. The number of H-pyrrole nitrogens is 1. The summed E-state index contributed by atoms with van der Waals surface area (Å²) in [4.78, 5) is 15.4. The van der Waals surface area contributed by atoms with Crippen LogP contribution < -0.4 is 10.1 Å². The van der Waals surface area contributed by atoms with Crippen molar-refractivity contribution < 1.29 is 9.53 Å². The van der Waals surface area contributed by atoms with Crippen LogP contribution in [0.25, 0.3) is 6.08 Å². The molecule has 0 spiro atoms. The third kappa shape index (κ3) is 3.41. The predicted octanol–water partition coefficient (Wildman–Crippen LogP) is 1.77. The van der Waals surface area contributed by atoms with Gasteiger partial charge in [-0.25, -0.2) is 5.10 Å². The highest BCUT2D eigenvalue weighted by molar-refractivity contribution is 6.01. The number of carbonyl (C=O) groups is 1. The summed E-state index contributed by atoms with van der Waals surface area (Å²) in [5.74, 6) is 0.737. The van der Waals surface area contributed by atoms with E-state index in [0.717, 1.165) is 11.1 Å². The van der Waals surface area contributed by atoms with Gasteiger partial charge in [0.2, 0.25) is 5.95 Å². The minimum absolute atomic E-state index is 0.291. The Kier molecular flexibility index (Phi) is 3.92. The molecule has 0 unspecified atom stereocenters. The Balaban J connectivity index is 2.09. The molecule has 1 aromatic carbocycles. The van der Waals surface area contributed by atoms with Crippen molar-refractivity contribution in [2.24, 2.45) is 0 Å². The Morgan fingerprint density at radius 3 is 3.00 bits per heavy atom. The number of nitrogens with zero attached hydrogens (tertiary/aromatic N) is 2. The first kappa shape index (κ1) is 12.8. The molecule has 6 nitrogen and oxygen atoms in total. The molecule has 6 heteroatoms. The number of hydrogen-bond acceptors (Lipinski definition) is 4. The largest absolute Gasteiger partial charge is 0.496 e. The second-order valence-electron chi connectivity index (χ2n) is 3.90. The van der Waals surface area contributed by atoms with Crippen molar-refractivity contribution in [1.29, 1.82) is 0 Å². The molecule has 0 aliphatic rings. The average molecular weight is 258 g/mol. The number of aromatic amines is 1. The van der Waals surface area contributed by atoms with Crippen molar-refractivity contribution in [2.75, 3.05) is 12.4 Å². The second-order valence-corrected chi connectivity index (χ2v) is 3.90. The standard InChI is InChI=1S/C13H14N4O2/c1-9-3-5-11(19-2)10(7-9)4-6-12(18)16-13-14-8-15-17-13/h3-8H,1-2H3,(H2,14,15,16,17,18)/b6-4+. The SMILES string of the molecule is COc1ccc(C)cc1/C=C/C(=O)Nc1ncn[nH]1. The van der Waals surface area contributed by atoms with Gasteiger partial charge in [-0.15, -0.1) is 0 Å². The summed E-state index contributed by atoms with van der Waals surface area (Å²) in [6.07, 6.45) is 4.43. The van der Waals surface area contributed by atoms with Crippen LogP contribution in [0.5, 0.6) is 5.75 Å². The molecule has 98 valence electrons. The van der Waals surface area contributed by atoms with Gasteiger partial charge in [0, 0.05) is 11.6 Å². The molecule has 0 radical (unpaired) electrons. The smallest absolute Gasteiger partial charge is 0.250 e. The summed E-state index contributed by atoms with van der Waals surface area (Å²) in [7, 11) is 1.59. The first-order valence-electron chi connectivity index (χ1n) is 5.68. The monoisotopic (exact) mass is 258 g/mol. The summed E-state index contributed by atoms with van der Waals surface area (Å²) >= 11 is 0. The van der Waals surface area contributed by atoms with Crippen LogP contribution in [0.2, 0.25) is 0 Å². The van der Waals surface area contributed by atoms with Gasteiger partial charge in [-0.2, -0.15) is 10.1 Å². The van der Waals surface area contributed by atoms with E-state index in [2.05, 4.69) is 20.5 Å². The van der Waals surface area contributed by atoms with Crippen LogP contribution in [0, 0.1) is 6.92 Å². The molecule has 19 heavy (non-hydrogen) atoms. The molecule has 2 N–H and O–H groups in total. The van der Waals surface area contributed by atoms with E-state index >= 15 is 0 Å². The second kappa shape index (κ2) is 5.81. The lowest BCUT2D eigenvalue weighted by atomic mass is 10.1. The van der Waals surface area contributed by atoms with Crippen molar-refractivity contribution >= 4 is 17.9 Å². The number of rotatable bonds is 4. The number of methoxy groups -OCH3 is 1. The minimum Gasteiger partial charge on any atom is -0.496 e. The van der Waals surface area contributed by atoms with Gasteiger partial charge in [0.1, 0.15) is 12.1 Å². The van der Waals surface area contributed by atoms with E-state index in [-0.39, 0.29) is 5.91 Å². The van der Waals surface area contributed by atoms with Gasteiger partial charge in [-0.1, -0.05) is 11.6 Å². The van der Waals surface area contributed by atoms with E-state index in [0.29, 0.717) is 11.7 Å². The molecule has 1 aromatic heterocycles. The van der Waals surface area contributed by atoms with Crippen LogP contribution in [0.4, 0.5) is 5.95 Å². The Morgan fingerprint density at radius 2 is 2.32 bits per heavy atom. The zero-order valence-electron chi connectivity index (χ0n) is 10.7. The average Bonchev–Trinajstić information content (AvgIpc) is 2.89. The fourth-order valence-corrected chi connectivity index (χ4v) is 1.57. The summed E-state index contributed by atoms with van der Waals surface area (Å²) in [6, 6.07) is 5.76. The van der Waals surface area contributed by atoms with Crippen molar-refractivity contribution in [3.63, 3.8) is 0 Å². The van der Waals surface area contributed by atoms with Crippen LogP contribution in [-0.4, -0.2) is 28.2 Å². The maximum absolute atomic E-state index is 11.6. The molecule has 1 heterocycles. The molecule has 0 atom stereocenters. The highest BCUT2D eigenvalue weighted by Gasteiger charge is 2.02. The number of benzene rings is 1. The van der Waals surface area contributed by atoms with Crippen molar-refractivity contribution in [3.8, 4) is 5.75 Å². The molecule has 0 fully saturated rings. The van der Waals surface area contributed by atoms with Gasteiger partial charge >= 0.3 is 0 Å². The number of hydrogen-bond donors (Lipinski definition) is 2. The molecule has 0 aliphatic heterocycles. The van der Waals surface area contributed by atoms with Crippen LogP contribution in [0.3, 0.4) is 0 Å². The van der Waals surface area contributed by atoms with E-state index in [4.69, 9.17) is 4.74 Å². The van der Waals surface area contributed by atoms with Crippen molar-refractivity contribution in [3.05, 3.63) is 41.7 Å². The van der Waals surface area contributed by atoms with Gasteiger partial charge in [0.25, 0.3) is 5.91 Å². The number of aryl methyl sites for hydroxylation is 1. The van der Waals surface area contributed by atoms with E-state index in [1.165, 1.54) is 12.4 Å². The van der Waals surface area contributed by atoms with Crippen LogP contribution in [0.15, 0.2) is 30.6 Å². The first-order chi connectivity index (χ1) is 9.19. The van der Waals surface area contributed by atoms with Crippen molar-refractivity contribution in [2.45, 2.75) is 6.92 Å². The predicted molar refractivity (Wildman–Crippen MR) is 71.8 cm³/mol. The lowest BCUT2D eigenvalue weighted by Gasteiger charge is -2.05. The van der Waals surface area contributed by atoms with E-state index in [1.807, 2.05) is 25.1 Å². The van der Waals surface area contributed by atoms with E-state index in [9.17, 15) is 4.79 Å². The minimum atomic E-state index is -0.291. The molecule has 0 bridgehead atoms. The van der Waals surface area contributed by atoms with E-state index in [1.54, 1.807) is 13.2 Å². The van der Waals surface area contributed by atoms with Crippen LogP contribution in [-0.2, 0) is 4.79 Å². The third-order valence-corrected chi connectivity index (χ3v) is 2.46. The Bertz CT molecular complexity index is 591. The molecule has 2 rings (SSSR count). The maximum Gasteiger partial charge on any atom is 0.250 e. The molecular formula is C13H14N4O2. The number of carbonyl (C=O) groups excluding carboxylic acids is 1. The number of anilines is 1. The lowest BCUT2D eigenvalue weighted by Crippen LogP contribution is -2.09. The fourth-order valence-electron chi connectivity index (χ4n) is 1.57. The Labute approximate surface area is 110 Å². The van der Waals surface area contributed by atoms with Gasteiger partial charge in [-0.3, -0.25) is 10.1 Å². The summed E-state index contributed by atoms with van der Waals surface area (Å²) in [5, 5.41) is 8.73. The number of ether oxygens (including phenoxy) is 1. The molecule has 2 aromatic rings. The summed E-state index contributed by atoms with van der Waals surface area (Å²) < 4.78 is 5.23. The Hall–Kier alpha value is -2.63. The first-order valence-corrected chi connectivity index (χ1v) is 5.68. The Morgan fingerprint density at radius 1 is 1.47 bits per heavy atom. The van der Waals surface area contributed by atoms with Gasteiger partial charge < -0.3 is 4.74 Å².